The first-order chi connectivity index (χ1) is 6.85. The van der Waals surface area contributed by atoms with Crippen LogP contribution < -0.4 is 0 Å². The van der Waals surface area contributed by atoms with Gasteiger partial charge in [0.2, 0.25) is 0 Å². The highest BCUT2D eigenvalue weighted by Gasteiger charge is 2.02. The van der Waals surface area contributed by atoms with Gasteiger partial charge in [-0.15, -0.1) is 0 Å². The summed E-state index contributed by atoms with van der Waals surface area (Å²) in [6, 6.07) is 0. The van der Waals surface area contributed by atoms with Gasteiger partial charge in [-0.1, -0.05) is 0 Å². The zero-order chi connectivity index (χ0) is 10.6. The number of hydrogen-bond donors (Lipinski definition) is 1. The second-order valence-corrected chi connectivity index (χ2v) is 3.26. The molecule has 0 heterocycles. The number of hydrogen-bond acceptors (Lipinski definition) is 4. The Labute approximate surface area is 86.8 Å². The molecule has 0 aliphatic rings. The highest BCUT2D eigenvalue weighted by Crippen LogP contribution is 1.95. The number of methoxy groups -OCH3 is 2. The molecule has 0 spiro atoms. The van der Waals surface area contributed by atoms with Gasteiger partial charge in [0.25, 0.3) is 0 Å². The monoisotopic (exact) mass is 205 g/mol. The Kier molecular flexibility index (Phi) is 10.8. The summed E-state index contributed by atoms with van der Waals surface area (Å²) in [5.41, 5.74) is 0. The Morgan fingerprint density at radius 1 is 0.929 bits per heavy atom. The Morgan fingerprint density at radius 2 is 1.64 bits per heavy atom. The molecule has 0 saturated heterocycles. The summed E-state index contributed by atoms with van der Waals surface area (Å²) in [4.78, 5) is 2.21. The summed E-state index contributed by atoms with van der Waals surface area (Å²) in [6.45, 7) is 4.39. The SMILES string of the molecule is COCCCCN(CCO)CCOC. The maximum absolute atomic E-state index is 8.83. The first-order valence-electron chi connectivity index (χ1n) is 5.16. The van der Waals surface area contributed by atoms with Gasteiger partial charge >= 0.3 is 0 Å². The van der Waals surface area contributed by atoms with Gasteiger partial charge in [-0.2, -0.15) is 0 Å². The van der Waals surface area contributed by atoms with E-state index >= 15 is 0 Å². The van der Waals surface area contributed by atoms with Crippen molar-refractivity contribution in [3.8, 4) is 0 Å². The van der Waals surface area contributed by atoms with Crippen molar-refractivity contribution in [3.63, 3.8) is 0 Å². The van der Waals surface area contributed by atoms with Crippen LogP contribution in [0.2, 0.25) is 0 Å². The van der Waals surface area contributed by atoms with Gasteiger partial charge in [-0.05, 0) is 19.4 Å². The summed E-state index contributed by atoms with van der Waals surface area (Å²) >= 11 is 0. The summed E-state index contributed by atoms with van der Waals surface area (Å²) in [6.07, 6.45) is 2.18. The summed E-state index contributed by atoms with van der Waals surface area (Å²) in [7, 11) is 3.42. The van der Waals surface area contributed by atoms with E-state index in [2.05, 4.69) is 4.90 Å². The van der Waals surface area contributed by atoms with E-state index in [1.165, 1.54) is 0 Å². The molecule has 0 fully saturated rings. The molecule has 0 rings (SSSR count). The Morgan fingerprint density at radius 3 is 2.21 bits per heavy atom. The fourth-order valence-corrected chi connectivity index (χ4v) is 1.28. The minimum absolute atomic E-state index is 0.216. The van der Waals surface area contributed by atoms with Crippen molar-refractivity contribution in [2.75, 3.05) is 53.7 Å². The molecular formula is C10H23NO3. The van der Waals surface area contributed by atoms with Gasteiger partial charge in [0.1, 0.15) is 0 Å². The van der Waals surface area contributed by atoms with Crippen LogP contribution >= 0.6 is 0 Å². The van der Waals surface area contributed by atoms with Gasteiger partial charge in [0.15, 0.2) is 0 Å². The van der Waals surface area contributed by atoms with Gasteiger partial charge in [0.05, 0.1) is 13.2 Å². The fraction of sp³-hybridized carbons (Fsp3) is 1.00. The molecule has 0 aliphatic heterocycles. The lowest BCUT2D eigenvalue weighted by atomic mass is 10.3. The average Bonchev–Trinajstić information content (AvgIpc) is 2.20. The molecule has 0 aromatic carbocycles. The topological polar surface area (TPSA) is 41.9 Å². The van der Waals surface area contributed by atoms with Crippen LogP contribution in [0.5, 0.6) is 0 Å². The smallest absolute Gasteiger partial charge is 0.0589 e. The Hall–Kier alpha value is -0.160. The van der Waals surface area contributed by atoms with E-state index in [4.69, 9.17) is 14.6 Å². The van der Waals surface area contributed by atoms with E-state index in [-0.39, 0.29) is 6.61 Å². The van der Waals surface area contributed by atoms with Gasteiger partial charge in [-0.25, -0.2) is 0 Å². The molecule has 4 heteroatoms. The molecule has 14 heavy (non-hydrogen) atoms. The van der Waals surface area contributed by atoms with Gasteiger partial charge in [0, 0.05) is 33.9 Å². The molecule has 0 unspecified atom stereocenters. The van der Waals surface area contributed by atoms with Crippen LogP contribution in [0, 0.1) is 0 Å². The largest absolute Gasteiger partial charge is 0.395 e. The van der Waals surface area contributed by atoms with Crippen LogP contribution in [0.25, 0.3) is 0 Å². The van der Waals surface area contributed by atoms with Crippen molar-refractivity contribution in [2.24, 2.45) is 0 Å². The molecular weight excluding hydrogens is 182 g/mol. The number of aliphatic hydroxyl groups excluding tert-OH is 1. The maximum Gasteiger partial charge on any atom is 0.0589 e. The highest BCUT2D eigenvalue weighted by molar-refractivity contribution is 4.56. The molecule has 0 aromatic rings. The molecule has 0 bridgehead atoms. The van der Waals surface area contributed by atoms with E-state index < -0.39 is 0 Å². The maximum atomic E-state index is 8.83. The van der Waals surface area contributed by atoms with Crippen molar-refractivity contribution in [1.82, 2.24) is 4.90 Å². The summed E-state index contributed by atoms with van der Waals surface area (Å²) in [5, 5.41) is 8.83. The molecule has 0 radical (unpaired) electrons. The van der Waals surface area contributed by atoms with Crippen LogP contribution in [-0.4, -0.2) is 63.7 Å². The van der Waals surface area contributed by atoms with Crippen molar-refractivity contribution >= 4 is 0 Å². The van der Waals surface area contributed by atoms with Gasteiger partial charge < -0.3 is 14.6 Å². The normalized spacial score (nSPS) is 11.1. The molecule has 0 amide bonds. The molecule has 0 atom stereocenters. The molecule has 0 saturated carbocycles. The third-order valence-electron chi connectivity index (χ3n) is 2.10. The first kappa shape index (κ1) is 13.8. The highest BCUT2D eigenvalue weighted by atomic mass is 16.5. The number of unbranched alkanes of at least 4 members (excludes halogenated alkanes) is 1. The minimum atomic E-state index is 0.216. The fourth-order valence-electron chi connectivity index (χ4n) is 1.28. The van der Waals surface area contributed by atoms with Gasteiger partial charge in [-0.3, -0.25) is 4.90 Å². The minimum Gasteiger partial charge on any atom is -0.395 e. The van der Waals surface area contributed by atoms with Crippen LogP contribution in [0.1, 0.15) is 12.8 Å². The van der Waals surface area contributed by atoms with E-state index in [0.29, 0.717) is 0 Å². The number of nitrogens with zero attached hydrogens (tertiary/aromatic N) is 1. The summed E-state index contributed by atoms with van der Waals surface area (Å²) < 4.78 is 9.97. The van der Waals surface area contributed by atoms with Crippen molar-refractivity contribution in [2.45, 2.75) is 12.8 Å². The molecule has 0 aliphatic carbocycles. The number of rotatable bonds is 10. The lowest BCUT2D eigenvalue weighted by Crippen LogP contribution is -2.31. The van der Waals surface area contributed by atoms with Crippen LogP contribution in [0.4, 0.5) is 0 Å². The van der Waals surface area contributed by atoms with E-state index in [1.807, 2.05) is 0 Å². The average molecular weight is 205 g/mol. The lowest BCUT2D eigenvalue weighted by Gasteiger charge is -2.20. The van der Waals surface area contributed by atoms with Crippen LogP contribution in [0.3, 0.4) is 0 Å². The third-order valence-corrected chi connectivity index (χ3v) is 2.10. The predicted molar refractivity (Wildman–Crippen MR) is 56.5 cm³/mol. The van der Waals surface area contributed by atoms with E-state index in [1.54, 1.807) is 14.2 Å². The van der Waals surface area contributed by atoms with Crippen molar-refractivity contribution in [3.05, 3.63) is 0 Å². The molecule has 4 nitrogen and oxygen atoms in total. The second-order valence-electron chi connectivity index (χ2n) is 3.26. The Bertz CT molecular complexity index is 112. The van der Waals surface area contributed by atoms with Crippen molar-refractivity contribution in [1.29, 1.82) is 0 Å². The van der Waals surface area contributed by atoms with Crippen LogP contribution in [0.15, 0.2) is 0 Å². The standard InChI is InChI=1S/C10H23NO3/c1-13-9-4-3-5-11(6-8-12)7-10-14-2/h12H,3-10H2,1-2H3. The second kappa shape index (κ2) is 10.9. The lowest BCUT2D eigenvalue weighted by molar-refractivity contribution is 0.126. The molecule has 86 valence electrons. The predicted octanol–water partition coefficient (Wildman–Crippen LogP) is 0.354. The first-order valence-corrected chi connectivity index (χ1v) is 5.16. The molecule has 0 aromatic heterocycles. The zero-order valence-electron chi connectivity index (χ0n) is 9.37. The Balaban J connectivity index is 3.40. The zero-order valence-corrected chi connectivity index (χ0v) is 9.37. The third kappa shape index (κ3) is 8.44. The van der Waals surface area contributed by atoms with Crippen LogP contribution in [-0.2, 0) is 9.47 Å². The van der Waals surface area contributed by atoms with E-state index in [9.17, 15) is 0 Å². The number of ether oxygens (including phenoxy) is 2. The van der Waals surface area contributed by atoms with E-state index in [0.717, 1.165) is 45.7 Å². The quantitative estimate of drug-likeness (QED) is 0.523. The molecule has 1 N–H and O–H groups in total. The summed E-state index contributed by atoms with van der Waals surface area (Å²) in [5.74, 6) is 0. The number of aliphatic hydroxyl groups is 1. The van der Waals surface area contributed by atoms with Crippen molar-refractivity contribution < 1.29 is 14.6 Å².